The number of hydrogen-bond donors (Lipinski definition) is 1. The summed E-state index contributed by atoms with van der Waals surface area (Å²) in [7, 11) is 1.73. The summed E-state index contributed by atoms with van der Waals surface area (Å²) < 4.78 is 11.8. The molecule has 0 aliphatic carbocycles. The lowest BCUT2D eigenvalue weighted by Gasteiger charge is -2.26. The first-order valence-corrected chi connectivity index (χ1v) is 19.6. The number of methoxy groups -OCH3 is 1. The zero-order valence-electron chi connectivity index (χ0n) is 30.6. The normalized spacial score (nSPS) is 13.2. The lowest BCUT2D eigenvalue weighted by atomic mass is 10.0. The first-order valence-electron chi connectivity index (χ1n) is 19.6. The second kappa shape index (κ2) is 35.0. The quantitative estimate of drug-likeness (QED) is 0.0565. The molecule has 0 bridgehead atoms. The SMILES string of the molecule is CCCCCCCC/C=C\CCCCCCCC(=O)NC(COC)CC(CCCCCCCCCCCCCC)OC(C)C. The van der Waals surface area contributed by atoms with Crippen molar-refractivity contribution in [2.45, 2.75) is 226 Å². The van der Waals surface area contributed by atoms with Crippen LogP contribution in [0.25, 0.3) is 0 Å². The van der Waals surface area contributed by atoms with E-state index in [-0.39, 0.29) is 24.2 Å². The Kier molecular flexibility index (Phi) is 34.3. The molecule has 262 valence electrons. The Labute approximate surface area is 276 Å². The van der Waals surface area contributed by atoms with Gasteiger partial charge in [0.2, 0.25) is 5.91 Å². The number of amides is 1. The van der Waals surface area contributed by atoms with E-state index in [9.17, 15) is 4.79 Å². The van der Waals surface area contributed by atoms with Crippen LogP contribution in [0, 0.1) is 0 Å². The van der Waals surface area contributed by atoms with Gasteiger partial charge in [0.05, 0.1) is 24.9 Å². The summed E-state index contributed by atoms with van der Waals surface area (Å²) in [6.45, 7) is 9.35. The minimum atomic E-state index is 0.0247. The molecule has 4 nitrogen and oxygen atoms in total. The van der Waals surface area contributed by atoms with E-state index in [1.165, 1.54) is 148 Å². The van der Waals surface area contributed by atoms with Gasteiger partial charge in [0.25, 0.3) is 0 Å². The van der Waals surface area contributed by atoms with Crippen LogP contribution < -0.4 is 5.32 Å². The summed E-state index contributed by atoms with van der Waals surface area (Å²) in [5.41, 5.74) is 0. The molecule has 4 heteroatoms. The minimum Gasteiger partial charge on any atom is -0.383 e. The van der Waals surface area contributed by atoms with Crippen LogP contribution in [-0.4, -0.2) is 37.9 Å². The molecule has 0 aromatic heterocycles. The second-order valence-electron chi connectivity index (χ2n) is 13.8. The number of nitrogens with one attached hydrogen (secondary N) is 1. The molecule has 0 saturated heterocycles. The molecule has 0 aromatic carbocycles. The predicted molar refractivity (Wildman–Crippen MR) is 194 cm³/mol. The number of rotatable bonds is 35. The highest BCUT2D eigenvalue weighted by Gasteiger charge is 2.20. The van der Waals surface area contributed by atoms with Crippen molar-refractivity contribution in [3.63, 3.8) is 0 Å². The zero-order chi connectivity index (χ0) is 32.4. The molecule has 0 aliphatic rings. The lowest BCUT2D eigenvalue weighted by Crippen LogP contribution is -2.41. The van der Waals surface area contributed by atoms with Crippen LogP contribution in [0.15, 0.2) is 12.2 Å². The molecule has 1 amide bonds. The van der Waals surface area contributed by atoms with Gasteiger partial charge in [-0.15, -0.1) is 0 Å². The van der Waals surface area contributed by atoms with Crippen molar-refractivity contribution < 1.29 is 14.3 Å². The van der Waals surface area contributed by atoms with Crippen molar-refractivity contribution in [1.82, 2.24) is 5.32 Å². The fraction of sp³-hybridized carbons (Fsp3) is 0.925. The molecule has 1 N–H and O–H groups in total. The van der Waals surface area contributed by atoms with Crippen LogP contribution in [-0.2, 0) is 14.3 Å². The number of hydrogen-bond acceptors (Lipinski definition) is 3. The highest BCUT2D eigenvalue weighted by molar-refractivity contribution is 5.76. The number of unbranched alkanes of at least 4 members (excludes halogenated alkanes) is 22. The molecular formula is C40H79NO3. The van der Waals surface area contributed by atoms with E-state index < -0.39 is 0 Å². The van der Waals surface area contributed by atoms with Crippen LogP contribution in [0.3, 0.4) is 0 Å². The van der Waals surface area contributed by atoms with Crippen molar-refractivity contribution >= 4 is 5.91 Å². The third-order valence-corrected chi connectivity index (χ3v) is 8.79. The Balaban J connectivity index is 4.01. The molecule has 0 aromatic rings. The largest absolute Gasteiger partial charge is 0.383 e. The van der Waals surface area contributed by atoms with Gasteiger partial charge in [-0.3, -0.25) is 4.79 Å². The standard InChI is InChI=1S/C40H79NO3/c1-6-8-10-12-14-16-18-20-21-22-24-26-28-30-32-34-40(42)41-38(36-43-5)35-39(44-37(3)4)33-31-29-27-25-23-19-17-15-13-11-9-7-2/h20-21,37-39H,6-19,22-36H2,1-5H3,(H,41,42)/b21-20-. The smallest absolute Gasteiger partial charge is 0.220 e. The number of carbonyl (C=O) groups is 1. The van der Waals surface area contributed by atoms with E-state index in [4.69, 9.17) is 9.47 Å². The molecule has 0 rings (SSSR count). The van der Waals surface area contributed by atoms with Gasteiger partial charge >= 0.3 is 0 Å². The molecule has 2 atom stereocenters. The van der Waals surface area contributed by atoms with Crippen molar-refractivity contribution in [1.29, 1.82) is 0 Å². The summed E-state index contributed by atoms with van der Waals surface area (Å²) in [4.78, 5) is 12.7. The summed E-state index contributed by atoms with van der Waals surface area (Å²) in [5.74, 6) is 0.165. The highest BCUT2D eigenvalue weighted by Crippen LogP contribution is 2.18. The zero-order valence-corrected chi connectivity index (χ0v) is 30.6. The fourth-order valence-electron chi connectivity index (χ4n) is 6.18. The summed E-state index contributed by atoms with van der Waals surface area (Å²) in [6.07, 6.45) is 40.6. The third-order valence-electron chi connectivity index (χ3n) is 8.79. The van der Waals surface area contributed by atoms with E-state index in [0.717, 1.165) is 25.7 Å². The van der Waals surface area contributed by atoms with Gasteiger partial charge in [0.1, 0.15) is 0 Å². The van der Waals surface area contributed by atoms with E-state index in [1.54, 1.807) is 7.11 Å². The Hall–Kier alpha value is -0.870. The first-order chi connectivity index (χ1) is 21.5. The molecule has 44 heavy (non-hydrogen) atoms. The van der Waals surface area contributed by atoms with E-state index in [2.05, 4.69) is 45.2 Å². The molecule has 0 heterocycles. The van der Waals surface area contributed by atoms with E-state index in [1.807, 2.05) is 0 Å². The van der Waals surface area contributed by atoms with Gasteiger partial charge in [0.15, 0.2) is 0 Å². The van der Waals surface area contributed by atoms with Crippen molar-refractivity contribution in [3.05, 3.63) is 12.2 Å². The van der Waals surface area contributed by atoms with Gasteiger partial charge in [-0.25, -0.2) is 0 Å². The number of ether oxygens (including phenoxy) is 2. The fourth-order valence-corrected chi connectivity index (χ4v) is 6.18. The molecular weight excluding hydrogens is 542 g/mol. The van der Waals surface area contributed by atoms with Gasteiger partial charge in [-0.05, 0) is 58.8 Å². The molecule has 0 aliphatic heterocycles. The Bertz CT molecular complexity index is 605. The van der Waals surface area contributed by atoms with Crippen LogP contribution in [0.2, 0.25) is 0 Å². The maximum Gasteiger partial charge on any atom is 0.220 e. The molecule has 0 radical (unpaired) electrons. The minimum absolute atomic E-state index is 0.0247. The number of carbonyl (C=O) groups excluding carboxylic acids is 1. The number of allylic oxidation sites excluding steroid dienone is 2. The Morgan fingerprint density at radius 1 is 0.614 bits per heavy atom. The van der Waals surface area contributed by atoms with Crippen LogP contribution in [0.1, 0.15) is 207 Å². The predicted octanol–water partition coefficient (Wildman–Crippen LogP) is 12.4. The maximum absolute atomic E-state index is 12.7. The molecule has 0 spiro atoms. The summed E-state index contributed by atoms with van der Waals surface area (Å²) in [6, 6.07) is 0.0247. The maximum atomic E-state index is 12.7. The van der Waals surface area contributed by atoms with E-state index in [0.29, 0.717) is 13.0 Å². The van der Waals surface area contributed by atoms with Crippen LogP contribution in [0.4, 0.5) is 0 Å². The van der Waals surface area contributed by atoms with Gasteiger partial charge < -0.3 is 14.8 Å². The second-order valence-corrected chi connectivity index (χ2v) is 13.8. The molecule has 2 unspecified atom stereocenters. The van der Waals surface area contributed by atoms with Gasteiger partial charge in [-0.2, -0.15) is 0 Å². The summed E-state index contributed by atoms with van der Waals surface area (Å²) >= 11 is 0. The van der Waals surface area contributed by atoms with Gasteiger partial charge in [0, 0.05) is 13.5 Å². The molecule has 0 fully saturated rings. The Morgan fingerprint density at radius 2 is 1.05 bits per heavy atom. The third kappa shape index (κ3) is 32.5. The van der Waals surface area contributed by atoms with Crippen molar-refractivity contribution in [2.75, 3.05) is 13.7 Å². The summed E-state index contributed by atoms with van der Waals surface area (Å²) in [5, 5.41) is 3.26. The average Bonchev–Trinajstić information content (AvgIpc) is 2.99. The topological polar surface area (TPSA) is 47.6 Å². The first kappa shape index (κ1) is 43.1. The van der Waals surface area contributed by atoms with Crippen LogP contribution >= 0.6 is 0 Å². The lowest BCUT2D eigenvalue weighted by molar-refractivity contribution is -0.122. The highest BCUT2D eigenvalue weighted by atomic mass is 16.5. The van der Waals surface area contributed by atoms with Crippen molar-refractivity contribution in [3.8, 4) is 0 Å². The monoisotopic (exact) mass is 622 g/mol. The van der Waals surface area contributed by atoms with Gasteiger partial charge in [-0.1, -0.05) is 154 Å². The average molecular weight is 622 g/mol. The molecule has 0 saturated carbocycles. The van der Waals surface area contributed by atoms with Crippen molar-refractivity contribution in [2.24, 2.45) is 0 Å². The van der Waals surface area contributed by atoms with Crippen LogP contribution in [0.5, 0.6) is 0 Å². The Morgan fingerprint density at radius 3 is 1.50 bits per heavy atom. The van der Waals surface area contributed by atoms with E-state index >= 15 is 0 Å².